The van der Waals surface area contributed by atoms with Crippen molar-refractivity contribution in [3.8, 4) is 5.75 Å². The van der Waals surface area contributed by atoms with Crippen molar-refractivity contribution in [2.75, 3.05) is 6.61 Å². The number of carbonyl (C=O) groups excluding carboxylic acids is 2. The van der Waals surface area contributed by atoms with Gasteiger partial charge in [-0.25, -0.2) is 0 Å². The molecule has 0 radical (unpaired) electrons. The van der Waals surface area contributed by atoms with E-state index in [-0.39, 0.29) is 23.2 Å². The molecular formula is C19H19N5O7S. The molecule has 2 aromatic carbocycles. The van der Waals surface area contributed by atoms with Crippen LogP contribution in [-0.4, -0.2) is 33.4 Å². The van der Waals surface area contributed by atoms with E-state index in [1.54, 1.807) is 12.1 Å². The Morgan fingerprint density at radius 1 is 1.03 bits per heavy atom. The highest BCUT2D eigenvalue weighted by Gasteiger charge is 2.20. The number of hydrogen-bond acceptors (Lipinski definition) is 8. The number of amides is 2. The molecule has 0 atom stereocenters. The smallest absolute Gasteiger partial charge is 0.277 e. The van der Waals surface area contributed by atoms with Crippen LogP contribution in [0.1, 0.15) is 35.7 Å². The van der Waals surface area contributed by atoms with Crippen LogP contribution in [0.25, 0.3) is 0 Å². The van der Waals surface area contributed by atoms with E-state index in [0.29, 0.717) is 5.75 Å². The summed E-state index contributed by atoms with van der Waals surface area (Å²) in [6.07, 6.45) is 0. The summed E-state index contributed by atoms with van der Waals surface area (Å²) in [6.45, 7) is 3.65. The number of hydrazine groups is 1. The molecule has 0 heterocycles. The number of rotatable bonds is 7. The Labute approximate surface area is 187 Å². The molecule has 0 saturated heterocycles. The van der Waals surface area contributed by atoms with E-state index in [0.717, 1.165) is 23.8 Å². The van der Waals surface area contributed by atoms with Crippen molar-refractivity contribution in [1.82, 2.24) is 16.2 Å². The molecule has 0 aliphatic heterocycles. The van der Waals surface area contributed by atoms with E-state index in [4.69, 9.17) is 17.0 Å². The highest BCUT2D eigenvalue weighted by molar-refractivity contribution is 7.80. The van der Waals surface area contributed by atoms with Crippen molar-refractivity contribution in [1.29, 1.82) is 0 Å². The SMILES string of the molecule is CC(C)c1ccccc1OCC(=O)NNC(=S)NC(=O)c1cc([N+](=O)[O-])cc([N+](=O)[O-])c1. The van der Waals surface area contributed by atoms with Gasteiger partial charge >= 0.3 is 0 Å². The number of benzene rings is 2. The summed E-state index contributed by atoms with van der Waals surface area (Å²) in [6, 6.07) is 9.72. The zero-order valence-electron chi connectivity index (χ0n) is 17.0. The van der Waals surface area contributed by atoms with Crippen LogP contribution >= 0.6 is 12.2 Å². The maximum atomic E-state index is 12.2. The molecule has 12 nitrogen and oxygen atoms in total. The first-order valence-electron chi connectivity index (χ1n) is 9.14. The molecule has 0 aromatic heterocycles. The Hall–Kier alpha value is -4.13. The lowest BCUT2D eigenvalue weighted by atomic mass is 10.0. The Morgan fingerprint density at radius 2 is 1.62 bits per heavy atom. The highest BCUT2D eigenvalue weighted by atomic mass is 32.1. The maximum Gasteiger partial charge on any atom is 0.277 e. The van der Waals surface area contributed by atoms with E-state index in [9.17, 15) is 29.8 Å². The van der Waals surface area contributed by atoms with Crippen LogP contribution in [0.5, 0.6) is 5.75 Å². The molecule has 2 rings (SSSR count). The Balaban J connectivity index is 1.92. The third-order valence-electron chi connectivity index (χ3n) is 4.03. The minimum absolute atomic E-state index is 0.194. The maximum absolute atomic E-state index is 12.2. The number of nitrogens with one attached hydrogen (secondary N) is 3. The average molecular weight is 461 g/mol. The van der Waals surface area contributed by atoms with Crippen molar-refractivity contribution in [2.45, 2.75) is 19.8 Å². The zero-order chi connectivity index (χ0) is 23.8. The molecule has 0 aliphatic carbocycles. The predicted molar refractivity (Wildman–Crippen MR) is 117 cm³/mol. The largest absolute Gasteiger partial charge is 0.483 e. The van der Waals surface area contributed by atoms with Crippen molar-refractivity contribution in [2.24, 2.45) is 0 Å². The summed E-state index contributed by atoms with van der Waals surface area (Å²) in [4.78, 5) is 44.3. The lowest BCUT2D eigenvalue weighted by molar-refractivity contribution is -0.394. The summed E-state index contributed by atoms with van der Waals surface area (Å²) in [5.41, 5.74) is 3.84. The van der Waals surface area contributed by atoms with Crippen molar-refractivity contribution in [3.63, 3.8) is 0 Å². The topological polar surface area (TPSA) is 166 Å². The minimum atomic E-state index is -0.939. The molecule has 3 N–H and O–H groups in total. The number of non-ortho nitro benzene ring substituents is 2. The third-order valence-corrected chi connectivity index (χ3v) is 4.23. The van der Waals surface area contributed by atoms with Crippen molar-refractivity contribution < 1.29 is 24.2 Å². The van der Waals surface area contributed by atoms with Crippen LogP contribution in [0.2, 0.25) is 0 Å². The van der Waals surface area contributed by atoms with Gasteiger partial charge in [0.15, 0.2) is 11.7 Å². The van der Waals surface area contributed by atoms with Gasteiger partial charge in [0, 0.05) is 12.1 Å². The number of ether oxygens (including phenoxy) is 1. The second kappa shape index (κ2) is 10.8. The summed E-state index contributed by atoms with van der Waals surface area (Å²) in [5.74, 6) is -0.780. The number of carbonyl (C=O) groups is 2. The number of nitrogens with zero attached hydrogens (tertiary/aromatic N) is 2. The van der Waals surface area contributed by atoms with Crippen LogP contribution < -0.4 is 20.9 Å². The van der Waals surface area contributed by atoms with Crippen LogP contribution in [0.3, 0.4) is 0 Å². The third kappa shape index (κ3) is 6.70. The summed E-state index contributed by atoms with van der Waals surface area (Å²) >= 11 is 4.88. The van der Waals surface area contributed by atoms with E-state index in [1.165, 1.54) is 0 Å². The van der Waals surface area contributed by atoms with Gasteiger partial charge in [-0.3, -0.25) is 46.0 Å². The number of thiocarbonyl (C=S) groups is 1. The van der Waals surface area contributed by atoms with Crippen LogP contribution in [-0.2, 0) is 4.79 Å². The first kappa shape index (κ1) is 24.1. The number of hydrogen-bond donors (Lipinski definition) is 3. The fraction of sp³-hybridized carbons (Fsp3) is 0.211. The second-order valence-electron chi connectivity index (χ2n) is 6.69. The quantitative estimate of drug-likeness (QED) is 0.319. The highest BCUT2D eigenvalue weighted by Crippen LogP contribution is 2.25. The summed E-state index contributed by atoms with van der Waals surface area (Å²) in [5, 5.41) is 23.7. The molecule has 0 bridgehead atoms. The fourth-order valence-electron chi connectivity index (χ4n) is 2.54. The van der Waals surface area contributed by atoms with Crippen molar-refractivity contribution >= 4 is 40.5 Å². The average Bonchev–Trinajstić information content (AvgIpc) is 2.75. The Bertz CT molecular complexity index is 1040. The van der Waals surface area contributed by atoms with Gasteiger partial charge in [0.05, 0.1) is 21.5 Å². The van der Waals surface area contributed by atoms with E-state index < -0.39 is 33.0 Å². The van der Waals surface area contributed by atoms with Gasteiger partial charge in [-0.2, -0.15) is 0 Å². The zero-order valence-corrected chi connectivity index (χ0v) is 17.8. The Morgan fingerprint density at radius 3 is 2.19 bits per heavy atom. The monoisotopic (exact) mass is 461 g/mol. The van der Waals surface area contributed by atoms with E-state index >= 15 is 0 Å². The molecule has 0 spiro atoms. The van der Waals surface area contributed by atoms with Gasteiger partial charge in [0.25, 0.3) is 23.2 Å². The normalized spacial score (nSPS) is 10.2. The number of nitro benzene ring substituents is 2. The molecule has 13 heteroatoms. The van der Waals surface area contributed by atoms with Crippen LogP contribution in [0.15, 0.2) is 42.5 Å². The summed E-state index contributed by atoms with van der Waals surface area (Å²) < 4.78 is 5.50. The molecule has 32 heavy (non-hydrogen) atoms. The van der Waals surface area contributed by atoms with E-state index in [2.05, 4.69) is 16.2 Å². The molecule has 2 amide bonds. The van der Waals surface area contributed by atoms with Gasteiger partial charge in [0.1, 0.15) is 5.75 Å². The molecule has 2 aromatic rings. The van der Waals surface area contributed by atoms with Crippen LogP contribution in [0, 0.1) is 20.2 Å². The molecule has 168 valence electrons. The molecule has 0 aliphatic rings. The molecular weight excluding hydrogens is 442 g/mol. The fourth-order valence-corrected chi connectivity index (χ4v) is 2.68. The van der Waals surface area contributed by atoms with Gasteiger partial charge in [-0.15, -0.1) is 0 Å². The van der Waals surface area contributed by atoms with E-state index in [1.807, 2.05) is 26.0 Å². The van der Waals surface area contributed by atoms with Gasteiger partial charge in [-0.1, -0.05) is 32.0 Å². The summed E-state index contributed by atoms with van der Waals surface area (Å²) in [7, 11) is 0. The van der Waals surface area contributed by atoms with Crippen molar-refractivity contribution in [3.05, 3.63) is 73.8 Å². The second-order valence-corrected chi connectivity index (χ2v) is 7.10. The van der Waals surface area contributed by atoms with Crippen LogP contribution in [0.4, 0.5) is 11.4 Å². The number of para-hydroxylation sites is 1. The first-order chi connectivity index (χ1) is 15.1. The standard InChI is InChI=1S/C19H19N5O7S/c1-11(2)15-5-3-4-6-16(15)31-10-17(25)21-22-19(32)20-18(26)12-7-13(23(27)28)9-14(8-12)24(29)30/h3-9,11H,10H2,1-2H3,(H,21,25)(H2,20,22,26,32). The number of nitro groups is 2. The first-order valence-corrected chi connectivity index (χ1v) is 9.55. The lowest BCUT2D eigenvalue weighted by Crippen LogP contribution is -2.49. The Kier molecular flexibility index (Phi) is 8.12. The molecule has 0 saturated carbocycles. The molecule has 0 unspecified atom stereocenters. The van der Waals surface area contributed by atoms with Gasteiger partial charge < -0.3 is 4.74 Å². The van der Waals surface area contributed by atoms with Gasteiger partial charge in [-0.05, 0) is 29.8 Å². The predicted octanol–water partition coefficient (Wildman–Crippen LogP) is 2.34. The van der Waals surface area contributed by atoms with Gasteiger partial charge in [0.2, 0.25) is 0 Å². The minimum Gasteiger partial charge on any atom is -0.483 e. The lowest BCUT2D eigenvalue weighted by Gasteiger charge is -2.14. The molecule has 0 fully saturated rings.